The maximum Gasteiger partial charge on any atom is 0.293 e. The molecule has 7 nitrogen and oxygen atoms in total. The summed E-state index contributed by atoms with van der Waals surface area (Å²) in [6, 6.07) is 18.4. The fourth-order valence-corrected chi connectivity index (χ4v) is 2.93. The van der Waals surface area contributed by atoms with Crippen LogP contribution in [0.25, 0.3) is 16.8 Å². The molecule has 0 saturated heterocycles. The number of aromatic nitrogens is 4. The number of fused-ring (bicyclic) bond motifs is 1. The minimum Gasteiger partial charge on any atom is -0.324 e. The first-order valence-corrected chi connectivity index (χ1v) is 8.96. The number of carbonyl (C=O) groups is 1. The van der Waals surface area contributed by atoms with E-state index >= 15 is 0 Å². The van der Waals surface area contributed by atoms with Crippen molar-refractivity contribution in [1.82, 2.24) is 19.4 Å². The van der Waals surface area contributed by atoms with Gasteiger partial charge in [-0.3, -0.25) is 9.59 Å². The second kappa shape index (κ2) is 7.16. The van der Waals surface area contributed by atoms with Gasteiger partial charge in [-0.15, -0.1) is 0 Å². The summed E-state index contributed by atoms with van der Waals surface area (Å²) in [5, 5.41) is 11.2. The van der Waals surface area contributed by atoms with Crippen LogP contribution in [-0.4, -0.2) is 25.3 Å². The number of nitrogens with one attached hydrogen (secondary N) is 1. The number of benzene rings is 2. The molecule has 0 radical (unpaired) electrons. The van der Waals surface area contributed by atoms with Crippen molar-refractivity contribution in [2.45, 2.75) is 6.54 Å². The van der Waals surface area contributed by atoms with Crippen LogP contribution < -0.4 is 10.9 Å². The molecule has 134 valence electrons. The van der Waals surface area contributed by atoms with Gasteiger partial charge in [0.25, 0.3) is 5.56 Å². The topological polar surface area (TPSA) is 81.3 Å². The van der Waals surface area contributed by atoms with Gasteiger partial charge < -0.3 is 5.32 Å². The molecule has 0 spiro atoms. The molecular weight excluding hydrogens is 410 g/mol. The third-order valence-electron chi connectivity index (χ3n) is 3.98. The molecule has 2 aromatic carbocycles. The number of carbonyl (C=O) groups excluding carboxylic acids is 1. The summed E-state index contributed by atoms with van der Waals surface area (Å²) in [6.07, 6.45) is 1.43. The van der Waals surface area contributed by atoms with Gasteiger partial charge >= 0.3 is 0 Å². The number of hydrogen-bond donors (Lipinski definition) is 1. The van der Waals surface area contributed by atoms with Gasteiger partial charge in [0.1, 0.15) is 18.4 Å². The largest absolute Gasteiger partial charge is 0.324 e. The normalized spacial score (nSPS) is 10.9. The number of para-hydroxylation sites is 1. The van der Waals surface area contributed by atoms with Gasteiger partial charge in [-0.2, -0.15) is 10.2 Å². The van der Waals surface area contributed by atoms with Crippen LogP contribution in [0, 0.1) is 0 Å². The number of hydrogen-bond acceptors (Lipinski definition) is 4. The van der Waals surface area contributed by atoms with Gasteiger partial charge in [0.05, 0.1) is 5.69 Å². The molecule has 0 saturated carbocycles. The van der Waals surface area contributed by atoms with Gasteiger partial charge in [-0.1, -0.05) is 46.3 Å². The lowest BCUT2D eigenvalue weighted by molar-refractivity contribution is -0.117. The van der Waals surface area contributed by atoms with E-state index in [-0.39, 0.29) is 18.0 Å². The maximum absolute atomic E-state index is 12.7. The first-order valence-electron chi connectivity index (χ1n) is 8.16. The van der Waals surface area contributed by atoms with Gasteiger partial charge in [-0.05, 0) is 30.3 Å². The minimum absolute atomic E-state index is 0.178. The van der Waals surface area contributed by atoms with Crippen molar-refractivity contribution in [2.24, 2.45) is 0 Å². The van der Waals surface area contributed by atoms with E-state index in [0.29, 0.717) is 16.9 Å². The van der Waals surface area contributed by atoms with E-state index < -0.39 is 0 Å². The van der Waals surface area contributed by atoms with Crippen molar-refractivity contribution in [3.05, 3.63) is 81.8 Å². The van der Waals surface area contributed by atoms with Crippen LogP contribution in [0.15, 0.2) is 76.3 Å². The quantitative estimate of drug-likeness (QED) is 0.546. The molecule has 1 amide bonds. The van der Waals surface area contributed by atoms with Crippen LogP contribution in [0.3, 0.4) is 0 Å². The molecule has 1 N–H and O–H groups in total. The molecule has 4 rings (SSSR count). The lowest BCUT2D eigenvalue weighted by Gasteiger charge is -2.06. The van der Waals surface area contributed by atoms with Gasteiger partial charge in [0.2, 0.25) is 5.91 Å². The third kappa shape index (κ3) is 3.65. The smallest absolute Gasteiger partial charge is 0.293 e. The van der Waals surface area contributed by atoms with Crippen molar-refractivity contribution < 1.29 is 4.79 Å². The summed E-state index contributed by atoms with van der Waals surface area (Å²) in [4.78, 5) is 24.9. The standard InChI is InChI=1S/C19H14BrN5O2/c20-14-8-6-13(7-9-14)16-10-17-19(27)24(21-12-25(17)23-16)11-18(26)22-15-4-2-1-3-5-15/h1-10,12H,11H2,(H,22,26). The van der Waals surface area contributed by atoms with E-state index in [1.807, 2.05) is 42.5 Å². The summed E-state index contributed by atoms with van der Waals surface area (Å²) in [5.41, 5.74) is 2.19. The van der Waals surface area contributed by atoms with Crippen LogP contribution >= 0.6 is 15.9 Å². The average molecular weight is 424 g/mol. The summed E-state index contributed by atoms with van der Waals surface area (Å²) in [7, 11) is 0. The molecule has 0 bridgehead atoms. The van der Waals surface area contributed by atoms with Gasteiger partial charge in [-0.25, -0.2) is 9.20 Å². The van der Waals surface area contributed by atoms with Crippen LogP contribution in [0.5, 0.6) is 0 Å². The van der Waals surface area contributed by atoms with E-state index in [0.717, 1.165) is 14.7 Å². The first kappa shape index (κ1) is 17.2. The lowest BCUT2D eigenvalue weighted by Crippen LogP contribution is -2.30. The van der Waals surface area contributed by atoms with Crippen molar-refractivity contribution in [1.29, 1.82) is 0 Å². The third-order valence-corrected chi connectivity index (χ3v) is 4.51. The highest BCUT2D eigenvalue weighted by Gasteiger charge is 2.12. The second-order valence-corrected chi connectivity index (χ2v) is 6.79. The van der Waals surface area contributed by atoms with Crippen molar-refractivity contribution in [3.63, 3.8) is 0 Å². The Kier molecular flexibility index (Phi) is 4.55. The Hall–Kier alpha value is -3.26. The van der Waals surface area contributed by atoms with Crippen LogP contribution in [-0.2, 0) is 11.3 Å². The number of halogens is 1. The summed E-state index contributed by atoms with van der Waals surface area (Å²) in [5.74, 6) is -0.326. The Morgan fingerprint density at radius 3 is 2.56 bits per heavy atom. The van der Waals surface area contributed by atoms with Crippen molar-refractivity contribution >= 4 is 33.0 Å². The lowest BCUT2D eigenvalue weighted by atomic mass is 10.1. The Balaban J connectivity index is 1.61. The molecule has 2 heterocycles. The molecule has 0 unspecified atom stereocenters. The zero-order valence-electron chi connectivity index (χ0n) is 14.0. The fourth-order valence-electron chi connectivity index (χ4n) is 2.67. The molecule has 27 heavy (non-hydrogen) atoms. The number of nitrogens with zero attached hydrogens (tertiary/aromatic N) is 4. The highest BCUT2D eigenvalue weighted by atomic mass is 79.9. The van der Waals surface area contributed by atoms with Crippen LogP contribution in [0.2, 0.25) is 0 Å². The Morgan fingerprint density at radius 2 is 1.81 bits per heavy atom. The van der Waals surface area contributed by atoms with E-state index in [1.54, 1.807) is 18.2 Å². The molecule has 4 aromatic rings. The zero-order valence-corrected chi connectivity index (χ0v) is 15.6. The Morgan fingerprint density at radius 1 is 1.07 bits per heavy atom. The van der Waals surface area contributed by atoms with Crippen LogP contribution in [0.1, 0.15) is 0 Å². The Bertz CT molecular complexity index is 1170. The van der Waals surface area contributed by atoms with Crippen molar-refractivity contribution in [3.8, 4) is 11.3 Å². The SMILES string of the molecule is O=C(Cn1ncn2nc(-c3ccc(Br)cc3)cc2c1=O)Nc1ccccc1. The summed E-state index contributed by atoms with van der Waals surface area (Å²) < 4.78 is 3.51. The summed E-state index contributed by atoms with van der Waals surface area (Å²) >= 11 is 3.39. The average Bonchev–Trinajstić information content (AvgIpc) is 3.10. The molecular formula is C19H14BrN5O2. The molecule has 0 aliphatic heterocycles. The van der Waals surface area contributed by atoms with E-state index in [1.165, 1.54) is 10.8 Å². The minimum atomic E-state index is -0.378. The number of rotatable bonds is 4. The monoisotopic (exact) mass is 423 g/mol. The van der Waals surface area contributed by atoms with E-state index in [2.05, 4.69) is 31.4 Å². The number of amides is 1. The second-order valence-electron chi connectivity index (χ2n) is 5.87. The van der Waals surface area contributed by atoms with E-state index in [9.17, 15) is 9.59 Å². The molecule has 0 fully saturated rings. The highest BCUT2D eigenvalue weighted by molar-refractivity contribution is 9.10. The Labute approximate surface area is 162 Å². The zero-order chi connectivity index (χ0) is 18.8. The fraction of sp³-hybridized carbons (Fsp3) is 0.0526. The van der Waals surface area contributed by atoms with Gasteiger partial charge in [0, 0.05) is 15.7 Å². The molecule has 0 atom stereocenters. The molecule has 0 aliphatic rings. The molecule has 2 aromatic heterocycles. The van der Waals surface area contributed by atoms with E-state index in [4.69, 9.17) is 0 Å². The summed E-state index contributed by atoms with van der Waals surface area (Å²) in [6.45, 7) is -0.178. The molecule has 8 heteroatoms. The predicted molar refractivity (Wildman–Crippen MR) is 105 cm³/mol. The highest BCUT2D eigenvalue weighted by Crippen LogP contribution is 2.20. The molecule has 0 aliphatic carbocycles. The van der Waals surface area contributed by atoms with Crippen molar-refractivity contribution in [2.75, 3.05) is 5.32 Å². The number of anilines is 1. The predicted octanol–water partition coefficient (Wildman–Crippen LogP) is 2.96. The van der Waals surface area contributed by atoms with Gasteiger partial charge in [0.15, 0.2) is 0 Å². The maximum atomic E-state index is 12.7. The van der Waals surface area contributed by atoms with Crippen LogP contribution in [0.4, 0.5) is 5.69 Å². The first-order chi connectivity index (χ1) is 13.1.